The average Bonchev–Trinajstić information content (AvgIpc) is 2.64. The van der Waals surface area contributed by atoms with E-state index in [4.69, 9.17) is 5.73 Å². The maximum atomic E-state index is 12.7. The van der Waals surface area contributed by atoms with E-state index in [0.29, 0.717) is 24.9 Å². The summed E-state index contributed by atoms with van der Waals surface area (Å²) < 4.78 is 0. The molecule has 1 saturated carbocycles. The van der Waals surface area contributed by atoms with E-state index in [-0.39, 0.29) is 5.41 Å². The maximum absolute atomic E-state index is 12.7. The van der Waals surface area contributed by atoms with Crippen molar-refractivity contribution < 1.29 is 4.79 Å². The van der Waals surface area contributed by atoms with Crippen LogP contribution in [0.25, 0.3) is 0 Å². The third kappa shape index (κ3) is 4.23. The molecule has 6 heteroatoms. The zero-order valence-electron chi connectivity index (χ0n) is 14.4. The van der Waals surface area contributed by atoms with Crippen LogP contribution in [-0.4, -0.2) is 46.7 Å². The van der Waals surface area contributed by atoms with Gasteiger partial charge in [0.1, 0.15) is 5.82 Å². The van der Waals surface area contributed by atoms with Gasteiger partial charge in [-0.25, -0.2) is 0 Å². The highest BCUT2D eigenvalue weighted by Crippen LogP contribution is 2.39. The molecule has 2 aliphatic rings. The number of carbonyl (C=O) groups is 1. The van der Waals surface area contributed by atoms with Gasteiger partial charge < -0.3 is 16.0 Å². The van der Waals surface area contributed by atoms with Crippen LogP contribution in [0.5, 0.6) is 0 Å². The molecular formula is C18H29N5O. The fourth-order valence-electron chi connectivity index (χ4n) is 4.05. The quantitative estimate of drug-likeness (QED) is 0.864. The first kappa shape index (κ1) is 17.1. The average molecular weight is 331 g/mol. The molecular weight excluding hydrogens is 302 g/mol. The summed E-state index contributed by atoms with van der Waals surface area (Å²) in [6.45, 7) is 2.28. The summed E-state index contributed by atoms with van der Waals surface area (Å²) in [5.41, 5.74) is 6.09. The highest BCUT2D eigenvalue weighted by Gasteiger charge is 2.35. The molecule has 6 nitrogen and oxygen atoms in total. The Bertz CT molecular complexity index is 521. The van der Waals surface area contributed by atoms with E-state index in [1.54, 1.807) is 6.20 Å². The van der Waals surface area contributed by atoms with Crippen molar-refractivity contribution in [3.8, 4) is 0 Å². The zero-order valence-corrected chi connectivity index (χ0v) is 14.4. The van der Waals surface area contributed by atoms with Crippen LogP contribution in [0.4, 0.5) is 5.82 Å². The molecule has 24 heavy (non-hydrogen) atoms. The van der Waals surface area contributed by atoms with Gasteiger partial charge in [-0.3, -0.25) is 4.79 Å². The van der Waals surface area contributed by atoms with Crippen LogP contribution in [0, 0.1) is 5.41 Å². The zero-order chi connectivity index (χ0) is 16.8. The van der Waals surface area contributed by atoms with Crippen LogP contribution < -0.4 is 11.1 Å². The molecule has 1 amide bonds. The lowest BCUT2D eigenvalue weighted by Gasteiger charge is -2.39. The minimum atomic E-state index is 0.0596. The van der Waals surface area contributed by atoms with Gasteiger partial charge in [-0.1, -0.05) is 19.3 Å². The third-order valence-corrected chi connectivity index (χ3v) is 5.65. The summed E-state index contributed by atoms with van der Waals surface area (Å²) >= 11 is 0. The van der Waals surface area contributed by atoms with Crippen LogP contribution in [0.2, 0.25) is 0 Å². The predicted octanol–water partition coefficient (Wildman–Crippen LogP) is 2.18. The first-order chi connectivity index (χ1) is 11.7. The number of likely N-dealkylation sites (tertiary alicyclic amines) is 1. The number of hydrogen-bond acceptors (Lipinski definition) is 5. The molecule has 0 unspecified atom stereocenters. The molecule has 1 saturated heterocycles. The summed E-state index contributed by atoms with van der Waals surface area (Å²) in [4.78, 5) is 14.8. The minimum Gasteiger partial charge on any atom is -0.366 e. The van der Waals surface area contributed by atoms with Gasteiger partial charge in [-0.2, -0.15) is 5.10 Å². The fourth-order valence-corrected chi connectivity index (χ4v) is 4.05. The van der Waals surface area contributed by atoms with E-state index in [1.807, 2.05) is 17.0 Å². The van der Waals surface area contributed by atoms with Crippen molar-refractivity contribution in [2.24, 2.45) is 11.1 Å². The van der Waals surface area contributed by atoms with Crippen molar-refractivity contribution in [1.82, 2.24) is 15.1 Å². The Labute approximate surface area is 144 Å². The lowest BCUT2D eigenvalue weighted by molar-refractivity contribution is -0.135. The minimum absolute atomic E-state index is 0.0596. The molecule has 1 aromatic rings. The molecule has 0 radical (unpaired) electrons. The number of nitrogens with two attached hydrogens (primary N) is 1. The van der Waals surface area contributed by atoms with E-state index in [2.05, 4.69) is 15.5 Å². The molecule has 3 rings (SSSR count). The molecule has 2 fully saturated rings. The molecule has 2 heterocycles. The smallest absolute Gasteiger partial charge is 0.223 e. The summed E-state index contributed by atoms with van der Waals surface area (Å²) in [5.74, 6) is 1.10. The number of piperidine rings is 1. The summed E-state index contributed by atoms with van der Waals surface area (Å²) in [6, 6.07) is 4.17. The number of amides is 1. The lowest BCUT2D eigenvalue weighted by atomic mass is 9.71. The number of aromatic nitrogens is 2. The normalized spacial score (nSPS) is 21.5. The fraction of sp³-hybridized carbons (Fsp3) is 0.722. The van der Waals surface area contributed by atoms with Crippen LogP contribution in [0.15, 0.2) is 18.3 Å². The highest BCUT2D eigenvalue weighted by atomic mass is 16.2. The van der Waals surface area contributed by atoms with Gasteiger partial charge in [0.15, 0.2) is 0 Å². The molecule has 1 aliphatic heterocycles. The molecule has 0 spiro atoms. The van der Waals surface area contributed by atoms with E-state index < -0.39 is 0 Å². The topological polar surface area (TPSA) is 84.1 Å². The van der Waals surface area contributed by atoms with Crippen LogP contribution >= 0.6 is 0 Å². The number of rotatable bonds is 5. The van der Waals surface area contributed by atoms with Gasteiger partial charge in [-0.05, 0) is 49.8 Å². The third-order valence-electron chi connectivity index (χ3n) is 5.65. The lowest BCUT2D eigenvalue weighted by Crippen LogP contribution is -2.45. The largest absolute Gasteiger partial charge is 0.366 e. The van der Waals surface area contributed by atoms with E-state index in [1.165, 1.54) is 19.3 Å². The van der Waals surface area contributed by atoms with E-state index in [0.717, 1.165) is 44.6 Å². The Morgan fingerprint density at radius 2 is 2.04 bits per heavy atom. The Balaban J connectivity index is 1.48. The summed E-state index contributed by atoms with van der Waals surface area (Å²) in [7, 11) is 0. The molecule has 0 atom stereocenters. The molecule has 3 N–H and O–H groups in total. The summed E-state index contributed by atoms with van der Waals surface area (Å²) in [6.07, 6.45) is 10.2. The van der Waals surface area contributed by atoms with Gasteiger partial charge in [0.2, 0.25) is 5.91 Å². The number of nitrogens with one attached hydrogen (secondary N) is 1. The van der Waals surface area contributed by atoms with Crippen molar-refractivity contribution in [1.29, 1.82) is 0 Å². The van der Waals surface area contributed by atoms with Crippen molar-refractivity contribution in [3.63, 3.8) is 0 Å². The Morgan fingerprint density at radius 1 is 1.29 bits per heavy atom. The monoisotopic (exact) mass is 331 g/mol. The second-order valence-electron chi connectivity index (χ2n) is 7.35. The van der Waals surface area contributed by atoms with Gasteiger partial charge in [0.05, 0.1) is 0 Å². The highest BCUT2D eigenvalue weighted by molar-refractivity contribution is 5.77. The number of carbonyl (C=O) groups excluding carboxylic acids is 1. The Morgan fingerprint density at radius 3 is 2.67 bits per heavy atom. The van der Waals surface area contributed by atoms with Gasteiger partial charge in [-0.15, -0.1) is 5.10 Å². The second-order valence-corrected chi connectivity index (χ2v) is 7.35. The van der Waals surface area contributed by atoms with Gasteiger partial charge in [0.25, 0.3) is 0 Å². The van der Waals surface area contributed by atoms with Crippen molar-refractivity contribution in [3.05, 3.63) is 18.3 Å². The molecule has 1 aromatic heterocycles. The van der Waals surface area contributed by atoms with Crippen LogP contribution in [0.3, 0.4) is 0 Å². The van der Waals surface area contributed by atoms with Crippen molar-refractivity contribution >= 4 is 11.7 Å². The Kier molecular flexibility index (Phi) is 5.66. The van der Waals surface area contributed by atoms with Crippen molar-refractivity contribution in [2.75, 3.05) is 25.0 Å². The number of anilines is 1. The van der Waals surface area contributed by atoms with Gasteiger partial charge >= 0.3 is 0 Å². The second kappa shape index (κ2) is 7.92. The molecule has 1 aliphatic carbocycles. The van der Waals surface area contributed by atoms with Crippen LogP contribution in [0.1, 0.15) is 51.4 Å². The number of hydrogen-bond donors (Lipinski definition) is 2. The first-order valence-electron chi connectivity index (χ1n) is 9.23. The SMILES string of the molecule is NCC1(CC(=O)N2CCC(Nc3cccnn3)CC2)CCCCC1. The molecule has 132 valence electrons. The van der Waals surface area contributed by atoms with E-state index >= 15 is 0 Å². The summed E-state index contributed by atoms with van der Waals surface area (Å²) in [5, 5.41) is 11.4. The van der Waals surface area contributed by atoms with Crippen molar-refractivity contribution in [2.45, 2.75) is 57.4 Å². The number of nitrogens with zero attached hydrogens (tertiary/aromatic N) is 3. The van der Waals surface area contributed by atoms with E-state index in [9.17, 15) is 4.79 Å². The maximum Gasteiger partial charge on any atom is 0.223 e. The predicted molar refractivity (Wildman–Crippen MR) is 94.4 cm³/mol. The molecule has 0 aromatic carbocycles. The van der Waals surface area contributed by atoms with Crippen LogP contribution in [-0.2, 0) is 4.79 Å². The van der Waals surface area contributed by atoms with Gasteiger partial charge in [0, 0.05) is 31.7 Å². The Hall–Kier alpha value is -1.69. The molecule has 0 bridgehead atoms. The standard InChI is InChI=1S/C18H29N5O/c19-14-18(8-2-1-3-9-18)13-17(24)23-11-6-15(7-12-23)21-16-5-4-10-20-22-16/h4-5,10,15H,1-3,6-9,11-14,19H2,(H,21,22). The first-order valence-corrected chi connectivity index (χ1v) is 9.23.